The van der Waals surface area contributed by atoms with Crippen molar-refractivity contribution in [2.45, 2.75) is 115 Å². The van der Waals surface area contributed by atoms with Crippen molar-refractivity contribution in [3.63, 3.8) is 0 Å². The van der Waals surface area contributed by atoms with Crippen LogP contribution < -0.4 is 10.6 Å². The van der Waals surface area contributed by atoms with Gasteiger partial charge in [0.05, 0.1) is 35.9 Å². The van der Waals surface area contributed by atoms with Crippen molar-refractivity contribution in [2.75, 3.05) is 0 Å². The van der Waals surface area contributed by atoms with Crippen LogP contribution in [-0.2, 0) is 19.2 Å². The second kappa shape index (κ2) is 14.2. The fourth-order valence-electron chi connectivity index (χ4n) is 9.61. The zero-order chi connectivity index (χ0) is 40.0. The summed E-state index contributed by atoms with van der Waals surface area (Å²) in [6, 6.07) is 16.0. The highest BCUT2D eigenvalue weighted by molar-refractivity contribution is 5.91. The Morgan fingerprint density at radius 2 is 0.931 bits per heavy atom. The van der Waals surface area contributed by atoms with Crippen LogP contribution in [0.5, 0.6) is 0 Å². The molecule has 4 saturated carbocycles. The lowest BCUT2D eigenvalue weighted by Gasteiger charge is -2.32. The number of amides is 4. The van der Waals surface area contributed by atoms with Crippen LogP contribution in [0.4, 0.5) is 0 Å². The standard InChI is InChI=1S/C46H54N8O4/c1-23(2)39(51-43(55)29-13-14-29)45(57)53-35-17-31(35)19-37(53)41-47-21-33(49-41)27-9-5-25(6-10-27)26-7-11-28(12-8-26)34-22-48-42(50-34)38-20-32-18-36(32)54(38)46(58)40(24(3)4)52-44(56)30-15-16-30/h5-12,21-24,29-32,35-40H,13-20H2,1-4H3,(H,47,49)(H,48,50)(H,51,55)(H,52,56)/t31-,32-,35-,36-,37+,38+,39+,40+/m1/s1. The predicted octanol–water partition coefficient (Wildman–Crippen LogP) is 6.56. The molecule has 0 unspecified atom stereocenters. The number of fused-ring (bicyclic) bond motifs is 2. The third-order valence-corrected chi connectivity index (χ3v) is 13.6. The van der Waals surface area contributed by atoms with Gasteiger partial charge in [-0.3, -0.25) is 19.2 Å². The lowest BCUT2D eigenvalue weighted by molar-refractivity contribution is -0.140. The van der Waals surface area contributed by atoms with Gasteiger partial charge < -0.3 is 30.4 Å². The molecule has 10 rings (SSSR count). The number of imidazole rings is 2. The van der Waals surface area contributed by atoms with Crippen molar-refractivity contribution in [1.29, 1.82) is 0 Å². The van der Waals surface area contributed by atoms with Crippen LogP contribution >= 0.6 is 0 Å². The zero-order valence-electron chi connectivity index (χ0n) is 33.8. The van der Waals surface area contributed by atoms with Crippen molar-refractivity contribution in [3.8, 4) is 33.6 Å². The number of carbonyl (C=O) groups is 4. The molecular formula is C46H54N8O4. The van der Waals surface area contributed by atoms with Crippen molar-refractivity contribution in [3.05, 3.63) is 72.6 Å². The molecule has 8 atom stereocenters. The average Bonchev–Trinajstić information content (AvgIpc) is 4.17. The summed E-state index contributed by atoms with van der Waals surface area (Å²) < 4.78 is 0. The molecule has 4 aliphatic carbocycles. The first-order valence-corrected chi connectivity index (χ1v) is 21.6. The normalized spacial score (nSPS) is 26.7. The van der Waals surface area contributed by atoms with Crippen molar-refractivity contribution >= 4 is 23.6 Å². The van der Waals surface area contributed by atoms with Crippen LogP contribution in [0.15, 0.2) is 60.9 Å². The molecular weight excluding hydrogens is 729 g/mol. The lowest BCUT2D eigenvalue weighted by atomic mass is 10.0. The predicted molar refractivity (Wildman–Crippen MR) is 218 cm³/mol. The second-order valence-corrected chi connectivity index (χ2v) is 18.6. The maximum absolute atomic E-state index is 14.0. The third-order valence-electron chi connectivity index (χ3n) is 13.6. The highest BCUT2D eigenvalue weighted by atomic mass is 16.2. The van der Waals surface area contributed by atoms with Gasteiger partial charge in [0.25, 0.3) is 0 Å². The lowest BCUT2D eigenvalue weighted by Crippen LogP contribution is -2.52. The number of nitrogens with zero attached hydrogens (tertiary/aromatic N) is 4. The molecule has 58 heavy (non-hydrogen) atoms. The van der Waals surface area contributed by atoms with Crippen LogP contribution in [0, 0.1) is 35.5 Å². The van der Waals surface area contributed by atoms with E-state index in [0.717, 1.165) is 96.7 Å². The highest BCUT2D eigenvalue weighted by Gasteiger charge is 2.57. The summed E-state index contributed by atoms with van der Waals surface area (Å²) in [5.74, 6) is 2.74. The van der Waals surface area contributed by atoms with Gasteiger partial charge in [-0.25, -0.2) is 9.97 Å². The molecule has 2 aromatic carbocycles. The van der Waals surface area contributed by atoms with Crippen molar-refractivity contribution < 1.29 is 19.2 Å². The number of carbonyl (C=O) groups excluding carboxylic acids is 4. The molecule has 12 nitrogen and oxygen atoms in total. The van der Waals surface area contributed by atoms with E-state index in [9.17, 15) is 19.2 Å². The quantitative estimate of drug-likeness (QED) is 0.120. The maximum atomic E-state index is 14.0. The number of piperidine rings is 2. The van der Waals surface area contributed by atoms with Gasteiger partial charge in [-0.2, -0.15) is 0 Å². The molecule has 2 aliphatic heterocycles. The average molecular weight is 783 g/mol. The summed E-state index contributed by atoms with van der Waals surface area (Å²) in [7, 11) is 0. The molecule has 4 aromatic rings. The number of benzene rings is 2. The zero-order valence-corrected chi connectivity index (χ0v) is 33.8. The van der Waals surface area contributed by atoms with Crippen LogP contribution in [0.1, 0.15) is 103 Å². The molecule has 0 bridgehead atoms. The Morgan fingerprint density at radius 3 is 1.28 bits per heavy atom. The molecule has 4 heterocycles. The van der Waals surface area contributed by atoms with E-state index in [-0.39, 0.29) is 71.5 Å². The van der Waals surface area contributed by atoms with Crippen molar-refractivity contribution in [1.82, 2.24) is 40.4 Å². The van der Waals surface area contributed by atoms with Crippen LogP contribution in [-0.4, -0.2) is 77.5 Å². The number of hydrogen-bond donors (Lipinski definition) is 4. The van der Waals surface area contributed by atoms with Gasteiger partial charge in [0.1, 0.15) is 23.7 Å². The molecule has 12 heteroatoms. The van der Waals surface area contributed by atoms with Gasteiger partial charge in [-0.1, -0.05) is 76.2 Å². The second-order valence-electron chi connectivity index (χ2n) is 18.6. The molecule has 6 fully saturated rings. The first-order chi connectivity index (χ1) is 28.0. The number of rotatable bonds is 13. The summed E-state index contributed by atoms with van der Waals surface area (Å²) in [6.45, 7) is 8.01. The van der Waals surface area contributed by atoms with Gasteiger partial charge in [-0.15, -0.1) is 0 Å². The van der Waals surface area contributed by atoms with Gasteiger partial charge in [0, 0.05) is 23.9 Å². The molecule has 302 valence electrons. The van der Waals surface area contributed by atoms with E-state index in [0.29, 0.717) is 11.8 Å². The number of hydrogen-bond acceptors (Lipinski definition) is 6. The smallest absolute Gasteiger partial charge is 0.246 e. The monoisotopic (exact) mass is 782 g/mol. The van der Waals surface area contributed by atoms with E-state index in [2.05, 4.69) is 69.1 Å². The minimum atomic E-state index is -0.523. The first kappa shape index (κ1) is 37.0. The van der Waals surface area contributed by atoms with E-state index in [4.69, 9.17) is 9.97 Å². The largest absolute Gasteiger partial charge is 0.344 e. The van der Waals surface area contributed by atoms with Crippen LogP contribution in [0.3, 0.4) is 0 Å². The molecule has 4 N–H and O–H groups in total. The van der Waals surface area contributed by atoms with Crippen LogP contribution in [0.2, 0.25) is 0 Å². The number of nitrogens with one attached hydrogen (secondary N) is 4. The van der Waals surface area contributed by atoms with Crippen LogP contribution in [0.25, 0.3) is 33.6 Å². The minimum Gasteiger partial charge on any atom is -0.344 e. The third kappa shape index (κ3) is 6.91. The first-order valence-electron chi connectivity index (χ1n) is 21.6. The topological polar surface area (TPSA) is 156 Å². The van der Waals surface area contributed by atoms with Gasteiger partial charge in [0.15, 0.2) is 0 Å². The Labute approximate surface area is 339 Å². The summed E-state index contributed by atoms with van der Waals surface area (Å²) in [6.07, 6.45) is 11.2. The highest BCUT2D eigenvalue weighted by Crippen LogP contribution is 2.54. The SMILES string of the molecule is CC(C)[C@H](NC(=O)C1CC1)C(=O)N1[C@@H]2C[C@@H]2C[C@H]1c1ncc(-c2ccc(-c3ccc(-c4cnc([C@@H]5C[C@H]6C[C@H]6N5C(=O)[C@@H](NC(=O)C5CC5)C(C)C)[nH]4)cc3)cc2)[nH]1. The Kier molecular flexibility index (Phi) is 9.09. The molecule has 6 aliphatic rings. The van der Waals surface area contributed by atoms with E-state index < -0.39 is 12.1 Å². The maximum Gasteiger partial charge on any atom is 0.246 e. The number of likely N-dealkylation sites (tertiary alicyclic amines) is 2. The van der Waals surface area contributed by atoms with Crippen molar-refractivity contribution in [2.24, 2.45) is 35.5 Å². The van der Waals surface area contributed by atoms with Gasteiger partial charge in [0.2, 0.25) is 23.6 Å². The van der Waals surface area contributed by atoms with E-state index in [1.54, 1.807) is 0 Å². The van der Waals surface area contributed by atoms with Gasteiger partial charge >= 0.3 is 0 Å². The Bertz CT molecular complexity index is 2080. The fourth-order valence-corrected chi connectivity index (χ4v) is 9.61. The molecule has 2 saturated heterocycles. The number of aromatic amines is 2. The minimum absolute atomic E-state index is 0.00250. The fraction of sp³-hybridized carbons (Fsp3) is 0.522. The Hall–Kier alpha value is -5.26. The molecule has 4 amide bonds. The number of aromatic nitrogens is 4. The summed E-state index contributed by atoms with van der Waals surface area (Å²) in [5, 5.41) is 6.15. The summed E-state index contributed by atoms with van der Waals surface area (Å²) in [5.41, 5.74) is 6.03. The van der Waals surface area contributed by atoms with E-state index >= 15 is 0 Å². The summed E-state index contributed by atoms with van der Waals surface area (Å²) in [4.78, 5) is 73.9. The summed E-state index contributed by atoms with van der Waals surface area (Å²) >= 11 is 0. The van der Waals surface area contributed by atoms with Gasteiger partial charge in [-0.05, 0) is 97.3 Å². The Balaban J connectivity index is 0.798. The molecule has 0 radical (unpaired) electrons. The van der Waals surface area contributed by atoms with E-state index in [1.807, 2.05) is 49.9 Å². The molecule has 0 spiro atoms. The Morgan fingerprint density at radius 1 is 0.569 bits per heavy atom. The number of H-pyrrole nitrogens is 2. The molecule has 2 aromatic heterocycles. The van der Waals surface area contributed by atoms with E-state index in [1.165, 1.54) is 0 Å².